The van der Waals surface area contributed by atoms with Crippen molar-refractivity contribution in [2.75, 3.05) is 12.9 Å². The smallest absolute Gasteiger partial charge is 0.150 e. The number of benzene rings is 3. The van der Waals surface area contributed by atoms with E-state index in [4.69, 9.17) is 0 Å². The standard InChI is InChI=1S/C28H27NO3S/c1-20(33(2,31)32)16-21-17-25-11-6-14-29-28(25)27(18-21)24-10-5-9-23(19-24)26-13-4-3-8-22(26)12-7-15-30/h3-14,17-20,30H,15-16H2,1-2H3. The van der Waals surface area contributed by atoms with E-state index in [9.17, 15) is 13.5 Å². The van der Waals surface area contributed by atoms with Crippen LogP contribution in [-0.2, 0) is 16.3 Å². The van der Waals surface area contributed by atoms with Crippen LogP contribution in [0.5, 0.6) is 0 Å². The second-order valence-corrected chi connectivity index (χ2v) is 10.8. The van der Waals surface area contributed by atoms with E-state index < -0.39 is 15.1 Å². The van der Waals surface area contributed by atoms with Gasteiger partial charge in [0.1, 0.15) is 9.84 Å². The number of aliphatic hydroxyl groups is 1. The number of nitrogens with zero attached hydrogens (tertiary/aromatic N) is 1. The zero-order valence-electron chi connectivity index (χ0n) is 18.8. The zero-order valence-corrected chi connectivity index (χ0v) is 19.6. The molecule has 4 nitrogen and oxygen atoms in total. The van der Waals surface area contributed by atoms with Gasteiger partial charge in [-0.25, -0.2) is 8.42 Å². The van der Waals surface area contributed by atoms with E-state index >= 15 is 0 Å². The fourth-order valence-corrected chi connectivity index (χ4v) is 4.51. The maximum Gasteiger partial charge on any atom is 0.150 e. The van der Waals surface area contributed by atoms with E-state index in [1.54, 1.807) is 19.2 Å². The summed E-state index contributed by atoms with van der Waals surface area (Å²) in [5.41, 5.74) is 7.02. The van der Waals surface area contributed by atoms with Crippen LogP contribution in [0.4, 0.5) is 0 Å². The predicted octanol–water partition coefficient (Wildman–Crippen LogP) is 5.55. The minimum absolute atomic E-state index is 0.00920. The molecule has 4 aromatic rings. The minimum Gasteiger partial charge on any atom is -0.392 e. The first kappa shape index (κ1) is 22.9. The van der Waals surface area contributed by atoms with Crippen molar-refractivity contribution in [2.45, 2.75) is 18.6 Å². The lowest BCUT2D eigenvalue weighted by atomic mass is 9.93. The van der Waals surface area contributed by atoms with E-state index in [1.165, 1.54) is 6.26 Å². The van der Waals surface area contributed by atoms with Gasteiger partial charge in [-0.3, -0.25) is 4.98 Å². The number of hydrogen-bond donors (Lipinski definition) is 1. The Morgan fingerprint density at radius 1 is 0.939 bits per heavy atom. The highest BCUT2D eigenvalue weighted by Crippen LogP contribution is 2.33. The Balaban J connectivity index is 1.84. The van der Waals surface area contributed by atoms with Gasteiger partial charge in [0.05, 0.1) is 17.4 Å². The van der Waals surface area contributed by atoms with Crippen molar-refractivity contribution in [2.24, 2.45) is 0 Å². The summed E-state index contributed by atoms with van der Waals surface area (Å²) in [6.45, 7) is 1.74. The molecule has 1 unspecified atom stereocenters. The first-order valence-corrected chi connectivity index (χ1v) is 12.9. The minimum atomic E-state index is -3.13. The second-order valence-electron chi connectivity index (χ2n) is 8.32. The molecule has 0 saturated heterocycles. The number of rotatable bonds is 7. The Hall–Kier alpha value is -3.28. The number of pyridine rings is 1. The normalized spacial score (nSPS) is 12.9. The van der Waals surface area contributed by atoms with Crippen LogP contribution in [-0.4, -0.2) is 36.6 Å². The Morgan fingerprint density at radius 2 is 1.70 bits per heavy atom. The molecule has 0 saturated carbocycles. The number of sulfone groups is 1. The van der Waals surface area contributed by atoms with Crippen molar-refractivity contribution in [3.05, 3.63) is 96.2 Å². The molecule has 33 heavy (non-hydrogen) atoms. The van der Waals surface area contributed by atoms with E-state index in [1.807, 2.05) is 48.5 Å². The molecule has 1 atom stereocenters. The first-order chi connectivity index (χ1) is 15.9. The summed E-state index contributed by atoms with van der Waals surface area (Å²) in [6, 6.07) is 24.4. The van der Waals surface area contributed by atoms with Crippen molar-refractivity contribution in [3.63, 3.8) is 0 Å². The molecule has 0 spiro atoms. The molecule has 1 heterocycles. The highest BCUT2D eigenvalue weighted by molar-refractivity contribution is 7.91. The molecule has 0 bridgehead atoms. The third kappa shape index (κ3) is 5.21. The van der Waals surface area contributed by atoms with Gasteiger partial charge in [-0.15, -0.1) is 0 Å². The van der Waals surface area contributed by atoms with Crippen LogP contribution in [0.25, 0.3) is 39.2 Å². The maximum atomic E-state index is 12.0. The molecule has 5 heteroatoms. The predicted molar refractivity (Wildman–Crippen MR) is 137 cm³/mol. The van der Waals surface area contributed by atoms with E-state index in [2.05, 4.69) is 35.3 Å². The van der Waals surface area contributed by atoms with Gasteiger partial charge in [-0.05, 0) is 65.4 Å². The van der Waals surface area contributed by atoms with Crippen LogP contribution >= 0.6 is 0 Å². The van der Waals surface area contributed by atoms with Crippen LogP contribution < -0.4 is 0 Å². The van der Waals surface area contributed by atoms with Gasteiger partial charge in [0.2, 0.25) is 0 Å². The summed E-state index contributed by atoms with van der Waals surface area (Å²) in [4.78, 5) is 4.63. The van der Waals surface area contributed by atoms with Crippen LogP contribution in [0.15, 0.2) is 85.1 Å². The average Bonchev–Trinajstić information content (AvgIpc) is 2.82. The maximum absolute atomic E-state index is 12.0. The number of aliphatic hydroxyl groups excluding tert-OH is 1. The van der Waals surface area contributed by atoms with E-state index in [0.29, 0.717) is 6.42 Å². The Morgan fingerprint density at radius 3 is 2.45 bits per heavy atom. The molecule has 4 rings (SSSR count). The quantitative estimate of drug-likeness (QED) is 0.395. The third-order valence-electron chi connectivity index (χ3n) is 5.87. The lowest BCUT2D eigenvalue weighted by Crippen LogP contribution is -2.18. The van der Waals surface area contributed by atoms with Crippen molar-refractivity contribution < 1.29 is 13.5 Å². The Bertz CT molecular complexity index is 1420. The summed E-state index contributed by atoms with van der Waals surface area (Å²) >= 11 is 0. The van der Waals surface area contributed by atoms with Crippen molar-refractivity contribution >= 4 is 26.8 Å². The number of fused-ring (bicyclic) bond motifs is 1. The highest BCUT2D eigenvalue weighted by atomic mass is 32.2. The molecule has 3 aromatic carbocycles. The molecule has 168 valence electrons. The molecule has 0 amide bonds. The third-order valence-corrected chi connectivity index (χ3v) is 7.50. The lowest BCUT2D eigenvalue weighted by molar-refractivity contribution is 0.343. The van der Waals surface area contributed by atoms with Crippen molar-refractivity contribution in [1.29, 1.82) is 0 Å². The molecule has 0 aliphatic rings. The van der Waals surface area contributed by atoms with Gasteiger partial charge in [0.15, 0.2) is 0 Å². The Kier molecular flexibility index (Phi) is 6.72. The average molecular weight is 458 g/mol. The fraction of sp³-hybridized carbons (Fsp3) is 0.179. The topological polar surface area (TPSA) is 67.3 Å². The Labute approximate surface area is 195 Å². The summed E-state index contributed by atoms with van der Waals surface area (Å²) in [6.07, 6.45) is 7.17. The van der Waals surface area contributed by atoms with Gasteiger partial charge >= 0.3 is 0 Å². The summed E-state index contributed by atoms with van der Waals surface area (Å²) in [7, 11) is -3.13. The first-order valence-electron chi connectivity index (χ1n) is 10.9. The highest BCUT2D eigenvalue weighted by Gasteiger charge is 2.17. The zero-order chi connectivity index (χ0) is 23.4. The SMILES string of the molecule is CC(Cc1cc(-c2cccc(-c3ccccc3C=CCO)c2)c2ncccc2c1)S(C)(=O)=O. The molecule has 0 radical (unpaired) electrons. The molecule has 0 aliphatic heterocycles. The van der Waals surface area contributed by atoms with Gasteiger partial charge in [-0.1, -0.05) is 60.7 Å². The number of hydrogen-bond acceptors (Lipinski definition) is 4. The van der Waals surface area contributed by atoms with Crippen LogP contribution in [0.1, 0.15) is 18.1 Å². The van der Waals surface area contributed by atoms with E-state index in [0.717, 1.165) is 44.3 Å². The van der Waals surface area contributed by atoms with Gasteiger partial charge < -0.3 is 5.11 Å². The van der Waals surface area contributed by atoms with E-state index in [-0.39, 0.29) is 6.61 Å². The molecule has 0 aliphatic carbocycles. The van der Waals surface area contributed by atoms with Crippen LogP contribution in [0.3, 0.4) is 0 Å². The molecular weight excluding hydrogens is 430 g/mol. The lowest BCUT2D eigenvalue weighted by Gasteiger charge is -2.14. The summed E-state index contributed by atoms with van der Waals surface area (Å²) in [5, 5.41) is 9.72. The fourth-order valence-electron chi connectivity index (χ4n) is 4.01. The van der Waals surface area contributed by atoms with Crippen molar-refractivity contribution in [3.8, 4) is 22.3 Å². The second kappa shape index (κ2) is 9.69. The van der Waals surface area contributed by atoms with Crippen LogP contribution in [0, 0.1) is 0 Å². The molecular formula is C28H27NO3S. The summed E-state index contributed by atoms with van der Waals surface area (Å²) < 4.78 is 24.1. The molecule has 1 N–H and O–H groups in total. The summed E-state index contributed by atoms with van der Waals surface area (Å²) in [5.74, 6) is 0. The molecule has 0 fully saturated rings. The van der Waals surface area contributed by atoms with Gasteiger partial charge in [0.25, 0.3) is 0 Å². The van der Waals surface area contributed by atoms with Gasteiger partial charge in [0, 0.05) is 23.4 Å². The van der Waals surface area contributed by atoms with Crippen molar-refractivity contribution in [1.82, 2.24) is 4.98 Å². The van der Waals surface area contributed by atoms with Crippen LogP contribution in [0.2, 0.25) is 0 Å². The largest absolute Gasteiger partial charge is 0.392 e. The number of aromatic nitrogens is 1. The monoisotopic (exact) mass is 457 g/mol. The molecule has 1 aromatic heterocycles. The van der Waals surface area contributed by atoms with Gasteiger partial charge in [-0.2, -0.15) is 0 Å².